The summed E-state index contributed by atoms with van der Waals surface area (Å²) in [5.41, 5.74) is 0.944. The molecule has 1 heterocycles. The molecule has 2 unspecified atom stereocenters. The number of ether oxygens (including phenoxy) is 2. The lowest BCUT2D eigenvalue weighted by Gasteiger charge is -2.07. The van der Waals surface area contributed by atoms with Gasteiger partial charge in [0.05, 0.1) is 12.7 Å². The van der Waals surface area contributed by atoms with Crippen LogP contribution in [-0.2, 0) is 9.47 Å². The zero-order valence-electron chi connectivity index (χ0n) is 5.89. The van der Waals surface area contributed by atoms with E-state index in [0.717, 1.165) is 5.57 Å². The van der Waals surface area contributed by atoms with E-state index in [9.17, 15) is 0 Å². The summed E-state index contributed by atoms with van der Waals surface area (Å²) in [4.78, 5) is 0. The fourth-order valence-electron chi connectivity index (χ4n) is 0.771. The van der Waals surface area contributed by atoms with Gasteiger partial charge < -0.3 is 9.47 Å². The Kier molecular flexibility index (Phi) is 1.88. The molecule has 0 amide bonds. The van der Waals surface area contributed by atoms with Crippen LogP contribution in [0.2, 0.25) is 0 Å². The highest BCUT2D eigenvalue weighted by Crippen LogP contribution is 2.15. The molecule has 1 aliphatic heterocycles. The Morgan fingerprint density at radius 3 is 2.56 bits per heavy atom. The van der Waals surface area contributed by atoms with E-state index in [1.807, 2.05) is 13.8 Å². The number of rotatable bonds is 1. The van der Waals surface area contributed by atoms with Crippen LogP contribution in [0.15, 0.2) is 12.2 Å². The lowest BCUT2D eigenvalue weighted by molar-refractivity contribution is -0.0247. The van der Waals surface area contributed by atoms with Crippen molar-refractivity contribution in [3.05, 3.63) is 12.2 Å². The fraction of sp³-hybridized carbons (Fsp3) is 0.714. The van der Waals surface area contributed by atoms with E-state index >= 15 is 0 Å². The quantitative estimate of drug-likeness (QED) is 0.496. The first-order valence-corrected chi connectivity index (χ1v) is 3.12. The molecule has 2 atom stereocenters. The van der Waals surface area contributed by atoms with Gasteiger partial charge in [0.2, 0.25) is 0 Å². The second-order valence-electron chi connectivity index (χ2n) is 2.46. The van der Waals surface area contributed by atoms with Gasteiger partial charge in [-0.2, -0.15) is 0 Å². The molecule has 9 heavy (non-hydrogen) atoms. The van der Waals surface area contributed by atoms with Crippen LogP contribution in [0.3, 0.4) is 0 Å². The van der Waals surface area contributed by atoms with Gasteiger partial charge in [-0.25, -0.2) is 0 Å². The van der Waals surface area contributed by atoms with Crippen molar-refractivity contribution >= 4 is 0 Å². The monoisotopic (exact) mass is 128 g/mol. The Bertz CT molecular complexity index is 120. The first-order chi connectivity index (χ1) is 4.20. The van der Waals surface area contributed by atoms with Gasteiger partial charge in [0, 0.05) is 0 Å². The van der Waals surface area contributed by atoms with Gasteiger partial charge in [-0.1, -0.05) is 6.58 Å². The first-order valence-electron chi connectivity index (χ1n) is 3.12. The Hall–Kier alpha value is -0.340. The van der Waals surface area contributed by atoms with Gasteiger partial charge in [-0.15, -0.1) is 0 Å². The molecular weight excluding hydrogens is 116 g/mol. The molecular formula is C7H12O2. The normalized spacial score (nSPS) is 34.9. The highest BCUT2D eigenvalue weighted by molar-refractivity contribution is 4.94. The summed E-state index contributed by atoms with van der Waals surface area (Å²) in [5, 5.41) is 0. The second kappa shape index (κ2) is 2.50. The Balaban J connectivity index is 2.39. The largest absolute Gasteiger partial charge is 0.346 e. The molecule has 1 rings (SSSR count). The van der Waals surface area contributed by atoms with Crippen LogP contribution in [0.25, 0.3) is 0 Å². The van der Waals surface area contributed by atoms with Gasteiger partial charge >= 0.3 is 0 Å². The maximum Gasteiger partial charge on any atom is 0.179 e. The molecule has 2 heteroatoms. The van der Waals surface area contributed by atoms with Gasteiger partial charge in [0.15, 0.2) is 6.29 Å². The molecule has 2 nitrogen and oxygen atoms in total. The van der Waals surface area contributed by atoms with Crippen LogP contribution in [-0.4, -0.2) is 19.0 Å². The third-order valence-electron chi connectivity index (χ3n) is 1.24. The van der Waals surface area contributed by atoms with Crippen molar-refractivity contribution in [3.8, 4) is 0 Å². The van der Waals surface area contributed by atoms with Crippen LogP contribution >= 0.6 is 0 Å². The van der Waals surface area contributed by atoms with Gasteiger partial charge in [0.25, 0.3) is 0 Å². The lowest BCUT2D eigenvalue weighted by atomic mass is 10.3. The van der Waals surface area contributed by atoms with Crippen LogP contribution in [0.4, 0.5) is 0 Å². The molecule has 1 fully saturated rings. The zero-order valence-corrected chi connectivity index (χ0v) is 5.89. The predicted molar refractivity (Wildman–Crippen MR) is 35.1 cm³/mol. The van der Waals surface area contributed by atoms with E-state index in [-0.39, 0.29) is 12.4 Å². The van der Waals surface area contributed by atoms with Crippen LogP contribution in [0.5, 0.6) is 0 Å². The van der Waals surface area contributed by atoms with Crippen molar-refractivity contribution in [1.29, 1.82) is 0 Å². The standard InChI is InChI=1S/C7H12O2/c1-5(2)7-8-4-6(3)9-7/h6-7H,1,4H2,2-3H3. The molecule has 1 saturated heterocycles. The van der Waals surface area contributed by atoms with Crippen molar-refractivity contribution < 1.29 is 9.47 Å². The van der Waals surface area contributed by atoms with E-state index in [4.69, 9.17) is 9.47 Å². The van der Waals surface area contributed by atoms with E-state index < -0.39 is 0 Å². The summed E-state index contributed by atoms with van der Waals surface area (Å²) in [6.45, 7) is 8.31. The second-order valence-corrected chi connectivity index (χ2v) is 2.46. The number of hydrogen-bond acceptors (Lipinski definition) is 2. The van der Waals surface area contributed by atoms with Crippen LogP contribution < -0.4 is 0 Å². The summed E-state index contributed by atoms with van der Waals surface area (Å²) >= 11 is 0. The average molecular weight is 128 g/mol. The molecule has 0 saturated carbocycles. The minimum absolute atomic E-state index is 0.153. The molecule has 0 radical (unpaired) electrons. The summed E-state index contributed by atoms with van der Waals surface area (Å²) in [6.07, 6.45) is 0.0756. The van der Waals surface area contributed by atoms with E-state index in [1.54, 1.807) is 0 Å². The Labute approximate surface area is 55.5 Å². The Morgan fingerprint density at radius 2 is 2.33 bits per heavy atom. The lowest BCUT2D eigenvalue weighted by Crippen LogP contribution is -2.09. The van der Waals surface area contributed by atoms with Crippen molar-refractivity contribution in [2.75, 3.05) is 6.61 Å². The summed E-state index contributed by atoms with van der Waals surface area (Å²) < 4.78 is 10.5. The molecule has 0 aliphatic carbocycles. The van der Waals surface area contributed by atoms with Crippen LogP contribution in [0, 0.1) is 0 Å². The van der Waals surface area contributed by atoms with Gasteiger partial charge in [-0.3, -0.25) is 0 Å². The van der Waals surface area contributed by atoms with E-state index in [0.29, 0.717) is 6.61 Å². The van der Waals surface area contributed by atoms with Crippen LogP contribution in [0.1, 0.15) is 13.8 Å². The molecule has 0 spiro atoms. The van der Waals surface area contributed by atoms with Crippen molar-refractivity contribution in [3.63, 3.8) is 0 Å². The Morgan fingerprint density at radius 1 is 1.67 bits per heavy atom. The molecule has 0 aromatic carbocycles. The third-order valence-corrected chi connectivity index (χ3v) is 1.24. The van der Waals surface area contributed by atoms with Crippen molar-refractivity contribution in [2.45, 2.75) is 26.2 Å². The summed E-state index contributed by atoms with van der Waals surface area (Å²) in [5.74, 6) is 0. The fourth-order valence-corrected chi connectivity index (χ4v) is 0.771. The maximum atomic E-state index is 5.30. The molecule has 0 N–H and O–H groups in total. The van der Waals surface area contributed by atoms with Crippen molar-refractivity contribution in [2.24, 2.45) is 0 Å². The SMILES string of the molecule is C=C(C)C1OCC(C)O1. The topological polar surface area (TPSA) is 18.5 Å². The van der Waals surface area contributed by atoms with Gasteiger partial charge in [0.1, 0.15) is 0 Å². The minimum Gasteiger partial charge on any atom is -0.346 e. The summed E-state index contributed by atoms with van der Waals surface area (Å²) in [7, 11) is 0. The number of hydrogen-bond donors (Lipinski definition) is 0. The maximum absolute atomic E-state index is 5.30. The average Bonchev–Trinajstić information content (AvgIpc) is 2.14. The molecule has 0 aromatic heterocycles. The molecule has 0 bridgehead atoms. The van der Waals surface area contributed by atoms with E-state index in [1.165, 1.54) is 0 Å². The van der Waals surface area contributed by atoms with E-state index in [2.05, 4.69) is 6.58 Å². The smallest absolute Gasteiger partial charge is 0.179 e. The van der Waals surface area contributed by atoms with Crippen molar-refractivity contribution in [1.82, 2.24) is 0 Å². The molecule has 1 aliphatic rings. The molecule has 52 valence electrons. The molecule has 0 aromatic rings. The summed E-state index contributed by atoms with van der Waals surface area (Å²) in [6, 6.07) is 0. The minimum atomic E-state index is -0.153. The predicted octanol–water partition coefficient (Wildman–Crippen LogP) is 1.32. The highest BCUT2D eigenvalue weighted by atomic mass is 16.7. The third kappa shape index (κ3) is 1.53. The zero-order chi connectivity index (χ0) is 6.85. The first kappa shape index (κ1) is 6.78. The highest BCUT2D eigenvalue weighted by Gasteiger charge is 2.22. The van der Waals surface area contributed by atoms with Gasteiger partial charge in [-0.05, 0) is 19.4 Å².